The molecule has 0 aromatic rings. The molecule has 94 valence electrons. The molecule has 0 aromatic heterocycles. The van der Waals surface area contributed by atoms with Gasteiger partial charge in [-0.05, 0) is 33.9 Å². The summed E-state index contributed by atoms with van der Waals surface area (Å²) in [6, 6.07) is 0. The second kappa shape index (κ2) is 4.61. The van der Waals surface area contributed by atoms with Crippen molar-refractivity contribution in [1.29, 1.82) is 0 Å². The molecule has 0 spiro atoms. The largest absolute Gasteiger partial charge is 0.308 e. The monoisotopic (exact) mass is 236 g/mol. The van der Waals surface area contributed by atoms with Crippen molar-refractivity contribution in [2.24, 2.45) is 11.8 Å². The third kappa shape index (κ3) is 2.27. The summed E-state index contributed by atoms with van der Waals surface area (Å²) in [6.45, 7) is 3.30. The van der Waals surface area contributed by atoms with Crippen molar-refractivity contribution in [3.63, 3.8) is 0 Å². The lowest BCUT2D eigenvalue weighted by Gasteiger charge is -2.19. The van der Waals surface area contributed by atoms with Crippen LogP contribution in [-0.4, -0.2) is 48.8 Å². The van der Waals surface area contributed by atoms with Crippen molar-refractivity contribution in [1.82, 2.24) is 9.80 Å². The number of likely N-dealkylation sites (N-methyl/N-ethyl adjacent to an activating group) is 1. The van der Waals surface area contributed by atoms with Crippen LogP contribution in [0.2, 0.25) is 0 Å². The van der Waals surface area contributed by atoms with E-state index in [4.69, 9.17) is 0 Å². The van der Waals surface area contributed by atoms with Crippen LogP contribution in [0.5, 0.6) is 0 Å². The summed E-state index contributed by atoms with van der Waals surface area (Å²) in [7, 11) is 3.90. The van der Waals surface area contributed by atoms with Gasteiger partial charge in [0.25, 0.3) is 0 Å². The SMILES string of the molecule is CC1=CC[C@@H]2C(=O)N(CCN(C)C)C(=O)[C@H]2C1. The second-order valence-electron chi connectivity index (χ2n) is 5.33. The third-order valence-corrected chi connectivity index (χ3v) is 3.69. The van der Waals surface area contributed by atoms with Crippen molar-refractivity contribution in [3.8, 4) is 0 Å². The van der Waals surface area contributed by atoms with Crippen molar-refractivity contribution in [2.75, 3.05) is 27.2 Å². The summed E-state index contributed by atoms with van der Waals surface area (Å²) in [5.74, 6) is -0.108. The molecule has 2 atom stereocenters. The molecule has 0 radical (unpaired) electrons. The van der Waals surface area contributed by atoms with Crippen LogP contribution in [0, 0.1) is 11.8 Å². The summed E-state index contributed by atoms with van der Waals surface area (Å²) in [5, 5.41) is 0. The van der Waals surface area contributed by atoms with Crippen molar-refractivity contribution in [2.45, 2.75) is 19.8 Å². The van der Waals surface area contributed by atoms with Crippen LogP contribution in [0.3, 0.4) is 0 Å². The highest BCUT2D eigenvalue weighted by atomic mass is 16.2. The van der Waals surface area contributed by atoms with E-state index in [9.17, 15) is 9.59 Å². The lowest BCUT2D eigenvalue weighted by Crippen LogP contribution is -2.36. The highest BCUT2D eigenvalue weighted by Crippen LogP contribution is 2.37. The fourth-order valence-electron chi connectivity index (χ4n) is 2.63. The molecule has 1 heterocycles. The van der Waals surface area contributed by atoms with Crippen molar-refractivity contribution in [3.05, 3.63) is 11.6 Å². The first kappa shape index (κ1) is 12.3. The van der Waals surface area contributed by atoms with Crippen LogP contribution in [0.25, 0.3) is 0 Å². The molecule has 0 aromatic carbocycles. The van der Waals surface area contributed by atoms with Gasteiger partial charge < -0.3 is 4.90 Å². The molecule has 0 bridgehead atoms. The summed E-state index contributed by atoms with van der Waals surface area (Å²) in [4.78, 5) is 27.7. The highest BCUT2D eigenvalue weighted by molar-refractivity contribution is 6.05. The predicted molar refractivity (Wildman–Crippen MR) is 65.2 cm³/mol. The van der Waals surface area contributed by atoms with E-state index in [1.54, 1.807) is 0 Å². The standard InChI is InChI=1S/C13H20N2O2/c1-9-4-5-10-11(8-9)13(17)15(12(10)16)7-6-14(2)3/h4,10-11H,5-8H2,1-3H3/t10-,11-/m0/s1. The Bertz CT molecular complexity index is 374. The van der Waals surface area contributed by atoms with Gasteiger partial charge in [-0.2, -0.15) is 0 Å². The van der Waals surface area contributed by atoms with Crippen LogP contribution in [0.4, 0.5) is 0 Å². The number of hydrogen-bond donors (Lipinski definition) is 0. The first-order chi connectivity index (χ1) is 8.00. The van der Waals surface area contributed by atoms with E-state index in [0.29, 0.717) is 6.54 Å². The van der Waals surface area contributed by atoms with Gasteiger partial charge in [-0.3, -0.25) is 14.5 Å². The number of hydrogen-bond acceptors (Lipinski definition) is 3. The quantitative estimate of drug-likeness (QED) is 0.540. The predicted octanol–water partition coefficient (Wildman–Crippen LogP) is 0.889. The fraction of sp³-hybridized carbons (Fsp3) is 0.692. The molecule has 4 heteroatoms. The number of likely N-dealkylation sites (tertiary alicyclic amines) is 1. The minimum absolute atomic E-state index is 0.0330. The molecule has 2 rings (SSSR count). The molecule has 2 amide bonds. The molecule has 0 N–H and O–H groups in total. The van der Waals surface area contributed by atoms with Gasteiger partial charge in [0.2, 0.25) is 11.8 Å². The van der Waals surface area contributed by atoms with E-state index in [2.05, 4.69) is 6.08 Å². The lowest BCUT2D eigenvalue weighted by atomic mass is 9.82. The average Bonchev–Trinajstić information content (AvgIpc) is 2.49. The fourth-order valence-corrected chi connectivity index (χ4v) is 2.63. The smallest absolute Gasteiger partial charge is 0.233 e. The number of carbonyl (C=O) groups is 2. The molecule has 1 aliphatic heterocycles. The maximum atomic E-state index is 12.2. The second-order valence-corrected chi connectivity index (χ2v) is 5.33. The molecule has 1 saturated heterocycles. The summed E-state index contributed by atoms with van der Waals surface area (Å²) in [5.41, 5.74) is 1.24. The Hall–Kier alpha value is -1.16. The van der Waals surface area contributed by atoms with Crippen molar-refractivity contribution >= 4 is 11.8 Å². The molecule has 17 heavy (non-hydrogen) atoms. The lowest BCUT2D eigenvalue weighted by molar-refractivity contribution is -0.140. The number of allylic oxidation sites excluding steroid dienone is 2. The summed E-state index contributed by atoms with van der Waals surface area (Å²) in [6.07, 6.45) is 3.59. The molecule has 1 fully saturated rings. The van der Waals surface area contributed by atoms with Gasteiger partial charge >= 0.3 is 0 Å². The zero-order valence-corrected chi connectivity index (χ0v) is 10.8. The average molecular weight is 236 g/mol. The van der Waals surface area contributed by atoms with E-state index in [1.165, 1.54) is 10.5 Å². The molecule has 1 aliphatic carbocycles. The maximum Gasteiger partial charge on any atom is 0.233 e. The molecular weight excluding hydrogens is 216 g/mol. The van der Waals surface area contributed by atoms with Crippen LogP contribution in [0.15, 0.2) is 11.6 Å². The number of fused-ring (bicyclic) bond motifs is 1. The minimum Gasteiger partial charge on any atom is -0.308 e. The van der Waals surface area contributed by atoms with Gasteiger partial charge in [-0.25, -0.2) is 0 Å². The normalized spacial score (nSPS) is 28.7. The Balaban J connectivity index is 2.08. The first-order valence-electron chi connectivity index (χ1n) is 6.16. The van der Waals surface area contributed by atoms with Gasteiger partial charge in [-0.1, -0.05) is 11.6 Å². The van der Waals surface area contributed by atoms with E-state index in [0.717, 1.165) is 19.4 Å². The Morgan fingerprint density at radius 1 is 1.29 bits per heavy atom. The zero-order valence-electron chi connectivity index (χ0n) is 10.8. The van der Waals surface area contributed by atoms with E-state index in [1.807, 2.05) is 25.9 Å². The number of carbonyl (C=O) groups excluding carboxylic acids is 2. The number of imide groups is 1. The van der Waals surface area contributed by atoms with Gasteiger partial charge in [-0.15, -0.1) is 0 Å². The van der Waals surface area contributed by atoms with Crippen LogP contribution < -0.4 is 0 Å². The van der Waals surface area contributed by atoms with Crippen LogP contribution in [-0.2, 0) is 9.59 Å². The molecule has 2 aliphatic rings. The Morgan fingerprint density at radius 3 is 2.59 bits per heavy atom. The number of amides is 2. The topological polar surface area (TPSA) is 40.6 Å². The molecule has 4 nitrogen and oxygen atoms in total. The molecule has 0 saturated carbocycles. The molecular formula is C13H20N2O2. The minimum atomic E-state index is -0.0895. The van der Waals surface area contributed by atoms with E-state index in [-0.39, 0.29) is 23.7 Å². The Labute approximate surface area is 102 Å². The van der Waals surface area contributed by atoms with Crippen LogP contribution in [0.1, 0.15) is 19.8 Å². The van der Waals surface area contributed by atoms with E-state index < -0.39 is 0 Å². The molecule has 0 unspecified atom stereocenters. The van der Waals surface area contributed by atoms with E-state index >= 15 is 0 Å². The van der Waals surface area contributed by atoms with Gasteiger partial charge in [0.1, 0.15) is 0 Å². The zero-order chi connectivity index (χ0) is 12.6. The Morgan fingerprint density at radius 2 is 1.94 bits per heavy atom. The third-order valence-electron chi connectivity index (χ3n) is 3.69. The maximum absolute atomic E-state index is 12.2. The summed E-state index contributed by atoms with van der Waals surface area (Å²) >= 11 is 0. The summed E-state index contributed by atoms with van der Waals surface area (Å²) < 4.78 is 0. The van der Waals surface area contributed by atoms with Gasteiger partial charge in [0.15, 0.2) is 0 Å². The van der Waals surface area contributed by atoms with Crippen LogP contribution >= 0.6 is 0 Å². The number of rotatable bonds is 3. The van der Waals surface area contributed by atoms with Gasteiger partial charge in [0.05, 0.1) is 11.8 Å². The van der Waals surface area contributed by atoms with Gasteiger partial charge in [0, 0.05) is 13.1 Å². The Kier molecular flexibility index (Phi) is 3.33. The number of nitrogens with zero attached hydrogens (tertiary/aromatic N) is 2. The van der Waals surface area contributed by atoms with Crippen molar-refractivity contribution < 1.29 is 9.59 Å². The highest BCUT2D eigenvalue weighted by Gasteiger charge is 2.47. The first-order valence-corrected chi connectivity index (χ1v) is 6.16.